The van der Waals surface area contributed by atoms with E-state index in [1.54, 1.807) is 29.7 Å². The lowest BCUT2D eigenvalue weighted by Crippen LogP contribution is -2.47. The second-order valence-electron chi connectivity index (χ2n) is 5.77. The maximum absolute atomic E-state index is 13.7. The fourth-order valence-electron chi connectivity index (χ4n) is 2.61. The molecule has 136 valence electrons. The predicted octanol–water partition coefficient (Wildman–Crippen LogP) is 2.71. The number of nitrogens with zero attached hydrogens (tertiary/aromatic N) is 1. The lowest BCUT2D eigenvalue weighted by Gasteiger charge is -2.23. The maximum atomic E-state index is 13.7. The zero-order valence-corrected chi connectivity index (χ0v) is 15.5. The second-order valence-corrected chi connectivity index (χ2v) is 6.77. The summed E-state index contributed by atoms with van der Waals surface area (Å²) in [7, 11) is 1.40. The zero-order chi connectivity index (χ0) is 18.4. The van der Waals surface area contributed by atoms with Crippen LogP contribution in [0.25, 0.3) is 0 Å². The molecule has 1 aromatic rings. The van der Waals surface area contributed by atoms with E-state index in [1.807, 2.05) is 13.0 Å². The summed E-state index contributed by atoms with van der Waals surface area (Å²) in [5.41, 5.74) is 1.29. The van der Waals surface area contributed by atoms with Gasteiger partial charge in [0.1, 0.15) is 6.04 Å². The quantitative estimate of drug-likeness (QED) is 0.787. The van der Waals surface area contributed by atoms with Gasteiger partial charge in [0.25, 0.3) is 5.91 Å². The van der Waals surface area contributed by atoms with Gasteiger partial charge in [-0.25, -0.2) is 4.39 Å². The molecular formula is C18H23FN2O3S. The number of amides is 2. The molecule has 7 heteroatoms. The summed E-state index contributed by atoms with van der Waals surface area (Å²) in [6.07, 6.45) is 2.64. The number of benzene rings is 1. The molecule has 0 aromatic heterocycles. The molecule has 2 amide bonds. The van der Waals surface area contributed by atoms with Crippen molar-refractivity contribution >= 4 is 23.6 Å². The molecular weight excluding hydrogens is 343 g/mol. The van der Waals surface area contributed by atoms with Crippen LogP contribution in [0.1, 0.15) is 25.8 Å². The molecule has 1 heterocycles. The maximum Gasteiger partial charge on any atom is 0.250 e. The van der Waals surface area contributed by atoms with Crippen molar-refractivity contribution in [1.29, 1.82) is 0 Å². The Morgan fingerprint density at radius 3 is 2.88 bits per heavy atom. The number of rotatable bonds is 6. The van der Waals surface area contributed by atoms with Gasteiger partial charge in [0, 0.05) is 17.9 Å². The number of allylic oxidation sites excluding steroid dienone is 1. The SMILES string of the molecule is CCC=C(C)C(=O)N1CSCC1C(=O)NCc1ccc(OC)c(F)c1. The average Bonchev–Trinajstić information content (AvgIpc) is 3.09. The molecule has 1 fully saturated rings. The molecule has 0 saturated carbocycles. The lowest BCUT2D eigenvalue weighted by molar-refractivity contribution is -0.135. The van der Waals surface area contributed by atoms with E-state index < -0.39 is 11.9 Å². The lowest BCUT2D eigenvalue weighted by atomic mass is 10.1. The fourth-order valence-corrected chi connectivity index (χ4v) is 3.76. The highest BCUT2D eigenvalue weighted by atomic mass is 32.2. The number of hydrogen-bond donors (Lipinski definition) is 1. The topological polar surface area (TPSA) is 58.6 Å². The minimum Gasteiger partial charge on any atom is -0.494 e. The van der Waals surface area contributed by atoms with Crippen LogP contribution in [0, 0.1) is 5.82 Å². The highest BCUT2D eigenvalue weighted by molar-refractivity contribution is 7.99. The molecule has 1 N–H and O–H groups in total. The van der Waals surface area contributed by atoms with Crippen LogP contribution in [0.4, 0.5) is 4.39 Å². The van der Waals surface area contributed by atoms with Crippen LogP contribution in [-0.2, 0) is 16.1 Å². The molecule has 5 nitrogen and oxygen atoms in total. The van der Waals surface area contributed by atoms with Crippen molar-refractivity contribution < 1.29 is 18.7 Å². The first-order valence-corrected chi connectivity index (χ1v) is 9.29. The Bertz CT molecular complexity index is 678. The molecule has 25 heavy (non-hydrogen) atoms. The third-order valence-electron chi connectivity index (χ3n) is 3.98. The standard InChI is InChI=1S/C18H23FN2O3S/c1-4-5-12(2)18(23)21-11-25-10-15(21)17(22)20-9-13-6-7-16(24-3)14(19)8-13/h5-8,15H,4,9-11H2,1-3H3,(H,20,22). The van der Waals surface area contributed by atoms with Crippen molar-refractivity contribution in [3.05, 3.63) is 41.2 Å². The number of hydrogen-bond acceptors (Lipinski definition) is 4. The number of carbonyl (C=O) groups excluding carboxylic acids is 2. The van der Waals surface area contributed by atoms with Crippen LogP contribution in [0.3, 0.4) is 0 Å². The minimum atomic E-state index is -0.499. The number of thioether (sulfide) groups is 1. The van der Waals surface area contributed by atoms with Crippen molar-refractivity contribution in [3.63, 3.8) is 0 Å². The van der Waals surface area contributed by atoms with Crippen molar-refractivity contribution in [2.45, 2.75) is 32.9 Å². The summed E-state index contributed by atoms with van der Waals surface area (Å²) in [5.74, 6) is 0.429. The fraction of sp³-hybridized carbons (Fsp3) is 0.444. The molecule has 1 unspecified atom stereocenters. The van der Waals surface area contributed by atoms with Crippen molar-refractivity contribution in [2.24, 2.45) is 0 Å². The summed E-state index contributed by atoms with van der Waals surface area (Å²) in [4.78, 5) is 26.5. The van der Waals surface area contributed by atoms with Gasteiger partial charge in [-0.1, -0.05) is 19.1 Å². The molecule has 1 aliphatic rings. The van der Waals surface area contributed by atoms with Crippen LogP contribution in [-0.4, -0.2) is 41.5 Å². The van der Waals surface area contributed by atoms with Crippen molar-refractivity contribution in [3.8, 4) is 5.75 Å². The summed E-state index contributed by atoms with van der Waals surface area (Å²) >= 11 is 1.55. The van der Waals surface area contributed by atoms with E-state index in [2.05, 4.69) is 5.32 Å². The van der Waals surface area contributed by atoms with Crippen LogP contribution in [0.5, 0.6) is 5.75 Å². The van der Waals surface area contributed by atoms with E-state index in [0.29, 0.717) is 22.8 Å². The van der Waals surface area contributed by atoms with Gasteiger partial charge in [-0.3, -0.25) is 9.59 Å². The number of ether oxygens (including phenoxy) is 1. The Labute approximate surface area is 151 Å². The van der Waals surface area contributed by atoms with E-state index in [9.17, 15) is 14.0 Å². The van der Waals surface area contributed by atoms with Crippen LogP contribution in [0.2, 0.25) is 0 Å². The second kappa shape index (κ2) is 8.89. The Morgan fingerprint density at radius 1 is 1.48 bits per heavy atom. The van der Waals surface area contributed by atoms with Gasteiger partial charge in [-0.05, 0) is 31.0 Å². The number of nitrogens with one attached hydrogen (secondary N) is 1. The van der Waals surface area contributed by atoms with E-state index in [-0.39, 0.29) is 24.1 Å². The molecule has 0 radical (unpaired) electrons. The van der Waals surface area contributed by atoms with E-state index in [0.717, 1.165) is 6.42 Å². The molecule has 2 rings (SSSR count). The minimum absolute atomic E-state index is 0.109. The smallest absolute Gasteiger partial charge is 0.250 e. The van der Waals surface area contributed by atoms with Gasteiger partial charge in [0.05, 0.1) is 13.0 Å². The highest BCUT2D eigenvalue weighted by Gasteiger charge is 2.34. The summed E-state index contributed by atoms with van der Waals surface area (Å²) in [6, 6.07) is 4.06. The zero-order valence-electron chi connectivity index (χ0n) is 14.7. The molecule has 1 aromatic carbocycles. The van der Waals surface area contributed by atoms with Crippen molar-refractivity contribution in [2.75, 3.05) is 18.7 Å². The van der Waals surface area contributed by atoms with E-state index >= 15 is 0 Å². The number of carbonyl (C=O) groups is 2. The van der Waals surface area contributed by atoms with E-state index in [1.165, 1.54) is 19.2 Å². The monoisotopic (exact) mass is 366 g/mol. The predicted molar refractivity (Wildman–Crippen MR) is 96.8 cm³/mol. The third-order valence-corrected chi connectivity index (χ3v) is 4.99. The first-order valence-electron chi connectivity index (χ1n) is 8.13. The Balaban J connectivity index is 1.98. The normalized spacial score (nSPS) is 17.5. The molecule has 1 saturated heterocycles. The van der Waals surface area contributed by atoms with E-state index in [4.69, 9.17) is 4.74 Å². The Morgan fingerprint density at radius 2 is 2.24 bits per heavy atom. The Kier molecular flexibility index (Phi) is 6.87. The highest BCUT2D eigenvalue weighted by Crippen LogP contribution is 2.23. The first kappa shape index (κ1) is 19.3. The Hall–Kier alpha value is -2.02. The summed E-state index contributed by atoms with van der Waals surface area (Å²) < 4.78 is 18.6. The van der Waals surface area contributed by atoms with Gasteiger partial charge in [0.15, 0.2) is 11.6 Å². The number of halogens is 1. The van der Waals surface area contributed by atoms with Crippen molar-refractivity contribution in [1.82, 2.24) is 10.2 Å². The molecule has 0 bridgehead atoms. The van der Waals surface area contributed by atoms with Gasteiger partial charge in [-0.15, -0.1) is 11.8 Å². The first-order chi connectivity index (χ1) is 12.0. The third kappa shape index (κ3) is 4.75. The molecule has 1 aliphatic heterocycles. The van der Waals surface area contributed by atoms with Gasteiger partial charge >= 0.3 is 0 Å². The average molecular weight is 366 g/mol. The molecule has 0 spiro atoms. The van der Waals surface area contributed by atoms with Crippen LogP contribution >= 0.6 is 11.8 Å². The van der Waals surface area contributed by atoms with Gasteiger partial charge < -0.3 is 15.0 Å². The van der Waals surface area contributed by atoms with Crippen LogP contribution < -0.4 is 10.1 Å². The van der Waals surface area contributed by atoms with Gasteiger partial charge in [0.2, 0.25) is 5.91 Å². The van der Waals surface area contributed by atoms with Crippen LogP contribution in [0.15, 0.2) is 29.8 Å². The largest absolute Gasteiger partial charge is 0.494 e. The number of methoxy groups -OCH3 is 1. The molecule has 1 atom stereocenters. The summed E-state index contributed by atoms with van der Waals surface area (Å²) in [5, 5.41) is 2.79. The summed E-state index contributed by atoms with van der Waals surface area (Å²) in [6.45, 7) is 3.93. The van der Waals surface area contributed by atoms with Gasteiger partial charge in [-0.2, -0.15) is 0 Å². The molecule has 0 aliphatic carbocycles.